The number of halogens is 2. The maximum Gasteiger partial charge on any atom is 0.0493 e. The van der Waals surface area contributed by atoms with Crippen LogP contribution in [-0.2, 0) is 6.54 Å². The Morgan fingerprint density at radius 1 is 1.00 bits per heavy atom. The minimum absolute atomic E-state index is 0.669. The lowest BCUT2D eigenvalue weighted by Gasteiger charge is -2.10. The lowest BCUT2D eigenvalue weighted by molar-refractivity contribution is 0.805. The summed E-state index contributed by atoms with van der Waals surface area (Å²) in [4.78, 5) is 0. The highest BCUT2D eigenvalue weighted by atomic mass is 35.5. The van der Waals surface area contributed by atoms with Crippen LogP contribution in [0, 0.1) is 6.92 Å². The van der Waals surface area contributed by atoms with Crippen molar-refractivity contribution in [1.82, 2.24) is 4.57 Å². The van der Waals surface area contributed by atoms with Gasteiger partial charge in [0.15, 0.2) is 0 Å². The molecule has 0 unspecified atom stereocenters. The number of hydrogen-bond donors (Lipinski definition) is 0. The first-order valence-electron chi connectivity index (χ1n) is 6.14. The number of aromatic nitrogens is 1. The zero-order valence-electron chi connectivity index (χ0n) is 10.5. The van der Waals surface area contributed by atoms with Gasteiger partial charge in [-0.2, -0.15) is 0 Å². The highest BCUT2D eigenvalue weighted by molar-refractivity contribution is 6.35. The molecule has 19 heavy (non-hydrogen) atoms. The largest absolute Gasteiger partial charge is 0.340 e. The van der Waals surface area contributed by atoms with Gasteiger partial charge < -0.3 is 4.57 Å². The summed E-state index contributed by atoms with van der Waals surface area (Å²) in [6.07, 6.45) is 0. The van der Waals surface area contributed by atoms with E-state index >= 15 is 0 Å². The molecule has 0 saturated heterocycles. The maximum atomic E-state index is 6.25. The van der Waals surface area contributed by atoms with Gasteiger partial charge in [-0.3, -0.25) is 0 Å². The van der Waals surface area contributed by atoms with Gasteiger partial charge in [0.25, 0.3) is 0 Å². The molecule has 0 N–H and O–H groups in total. The van der Waals surface area contributed by atoms with Gasteiger partial charge in [0, 0.05) is 27.8 Å². The first-order valence-corrected chi connectivity index (χ1v) is 6.89. The van der Waals surface area contributed by atoms with E-state index in [4.69, 9.17) is 23.2 Å². The fraction of sp³-hybridized carbons (Fsp3) is 0.125. The smallest absolute Gasteiger partial charge is 0.0493 e. The Bertz CT molecular complexity index is 744. The minimum atomic E-state index is 0.669. The Kier molecular flexibility index (Phi) is 3.26. The maximum absolute atomic E-state index is 6.25. The van der Waals surface area contributed by atoms with Crippen molar-refractivity contribution in [3.63, 3.8) is 0 Å². The predicted molar refractivity (Wildman–Crippen MR) is 82.2 cm³/mol. The van der Waals surface area contributed by atoms with E-state index in [1.54, 1.807) is 6.07 Å². The molecule has 3 heteroatoms. The van der Waals surface area contributed by atoms with Gasteiger partial charge in [-0.05, 0) is 42.1 Å². The zero-order valence-corrected chi connectivity index (χ0v) is 12.0. The van der Waals surface area contributed by atoms with E-state index in [2.05, 4.69) is 41.8 Å². The second-order valence-corrected chi connectivity index (χ2v) is 5.51. The Morgan fingerprint density at radius 3 is 2.58 bits per heavy atom. The number of fused-ring (bicyclic) bond motifs is 1. The van der Waals surface area contributed by atoms with Crippen LogP contribution >= 0.6 is 23.2 Å². The third-order valence-corrected chi connectivity index (χ3v) is 3.95. The molecule has 0 atom stereocenters. The van der Waals surface area contributed by atoms with E-state index in [0.29, 0.717) is 10.0 Å². The number of benzene rings is 2. The molecule has 1 aromatic heterocycles. The standard InChI is InChI=1S/C16H13Cl2N/c1-11-8-12-4-2-3-5-16(12)19(11)10-13-6-7-14(17)9-15(13)18/h2-9H,10H2,1H3. The third kappa shape index (κ3) is 2.36. The van der Waals surface area contributed by atoms with Crippen molar-refractivity contribution in [2.45, 2.75) is 13.5 Å². The van der Waals surface area contributed by atoms with E-state index in [1.165, 1.54) is 16.6 Å². The molecule has 1 heterocycles. The first-order chi connectivity index (χ1) is 9.15. The summed E-state index contributed by atoms with van der Waals surface area (Å²) in [6.45, 7) is 2.87. The molecule has 0 saturated carbocycles. The average Bonchev–Trinajstić information content (AvgIpc) is 2.69. The lowest BCUT2D eigenvalue weighted by Crippen LogP contribution is -2.01. The van der Waals surface area contributed by atoms with Crippen molar-refractivity contribution in [2.24, 2.45) is 0 Å². The molecule has 0 radical (unpaired) electrons. The molecule has 96 valence electrons. The van der Waals surface area contributed by atoms with E-state index in [-0.39, 0.29) is 0 Å². The fourth-order valence-corrected chi connectivity index (χ4v) is 2.85. The first kappa shape index (κ1) is 12.6. The summed E-state index contributed by atoms with van der Waals surface area (Å²) >= 11 is 12.2. The van der Waals surface area contributed by atoms with Crippen LogP contribution in [0.5, 0.6) is 0 Å². The van der Waals surface area contributed by atoms with Crippen LogP contribution in [0.4, 0.5) is 0 Å². The molecule has 0 aliphatic rings. The van der Waals surface area contributed by atoms with Gasteiger partial charge in [0.05, 0.1) is 0 Å². The topological polar surface area (TPSA) is 4.93 Å². The molecular weight excluding hydrogens is 277 g/mol. The quantitative estimate of drug-likeness (QED) is 0.603. The van der Waals surface area contributed by atoms with Gasteiger partial charge in [-0.15, -0.1) is 0 Å². The van der Waals surface area contributed by atoms with Gasteiger partial charge in [0.1, 0.15) is 0 Å². The minimum Gasteiger partial charge on any atom is -0.340 e. The third-order valence-electron chi connectivity index (χ3n) is 3.36. The Hall–Kier alpha value is -1.44. The molecule has 1 nitrogen and oxygen atoms in total. The summed E-state index contributed by atoms with van der Waals surface area (Å²) < 4.78 is 2.27. The van der Waals surface area contributed by atoms with Crippen LogP contribution in [-0.4, -0.2) is 4.57 Å². The van der Waals surface area contributed by atoms with Crippen LogP contribution in [0.2, 0.25) is 10.0 Å². The van der Waals surface area contributed by atoms with E-state index in [9.17, 15) is 0 Å². The van der Waals surface area contributed by atoms with Crippen LogP contribution in [0.15, 0.2) is 48.5 Å². The summed E-state index contributed by atoms with van der Waals surface area (Å²) in [5, 5.41) is 2.64. The number of aryl methyl sites for hydroxylation is 1. The summed E-state index contributed by atoms with van der Waals surface area (Å²) in [5.41, 5.74) is 3.54. The highest BCUT2D eigenvalue weighted by Gasteiger charge is 2.08. The van der Waals surface area contributed by atoms with Crippen molar-refractivity contribution < 1.29 is 0 Å². The molecule has 3 aromatic rings. The second kappa shape index (κ2) is 4.92. The number of para-hydroxylation sites is 1. The Morgan fingerprint density at radius 2 is 1.79 bits per heavy atom. The fourth-order valence-electron chi connectivity index (χ4n) is 2.38. The monoisotopic (exact) mass is 289 g/mol. The summed E-state index contributed by atoms with van der Waals surface area (Å²) in [5.74, 6) is 0. The molecular formula is C16H13Cl2N. The van der Waals surface area contributed by atoms with Crippen LogP contribution in [0.3, 0.4) is 0 Å². The number of rotatable bonds is 2. The van der Waals surface area contributed by atoms with Crippen molar-refractivity contribution >= 4 is 34.1 Å². The van der Waals surface area contributed by atoms with Crippen LogP contribution in [0.1, 0.15) is 11.3 Å². The van der Waals surface area contributed by atoms with Gasteiger partial charge in [0.2, 0.25) is 0 Å². The second-order valence-electron chi connectivity index (χ2n) is 4.67. The molecule has 0 aliphatic heterocycles. The number of nitrogens with zero attached hydrogens (tertiary/aromatic N) is 1. The molecule has 0 amide bonds. The highest BCUT2D eigenvalue weighted by Crippen LogP contribution is 2.25. The van der Waals surface area contributed by atoms with Crippen molar-refractivity contribution in [1.29, 1.82) is 0 Å². The zero-order chi connectivity index (χ0) is 13.4. The van der Waals surface area contributed by atoms with Crippen molar-refractivity contribution in [3.8, 4) is 0 Å². The van der Waals surface area contributed by atoms with Gasteiger partial charge >= 0.3 is 0 Å². The van der Waals surface area contributed by atoms with Crippen molar-refractivity contribution in [2.75, 3.05) is 0 Å². The van der Waals surface area contributed by atoms with Gasteiger partial charge in [-0.25, -0.2) is 0 Å². The molecule has 0 spiro atoms. The molecule has 0 fully saturated rings. The van der Waals surface area contributed by atoms with Gasteiger partial charge in [-0.1, -0.05) is 47.5 Å². The van der Waals surface area contributed by atoms with Crippen LogP contribution in [0.25, 0.3) is 10.9 Å². The molecule has 2 aromatic carbocycles. The Labute approximate surface area is 122 Å². The average molecular weight is 290 g/mol. The SMILES string of the molecule is Cc1cc2ccccc2n1Cc1ccc(Cl)cc1Cl. The lowest BCUT2D eigenvalue weighted by atomic mass is 10.2. The van der Waals surface area contributed by atoms with Crippen LogP contribution < -0.4 is 0 Å². The Balaban J connectivity index is 2.08. The van der Waals surface area contributed by atoms with E-state index in [1.807, 2.05) is 12.1 Å². The summed E-state index contributed by atoms with van der Waals surface area (Å²) in [7, 11) is 0. The molecule has 0 bridgehead atoms. The molecule has 3 rings (SSSR count). The van der Waals surface area contributed by atoms with E-state index < -0.39 is 0 Å². The molecule has 0 aliphatic carbocycles. The summed E-state index contributed by atoms with van der Waals surface area (Å²) in [6, 6.07) is 16.2. The number of hydrogen-bond acceptors (Lipinski definition) is 0. The predicted octanol–water partition coefficient (Wildman–Crippen LogP) is 5.30. The van der Waals surface area contributed by atoms with E-state index in [0.717, 1.165) is 12.1 Å². The normalized spacial score (nSPS) is 11.1. The van der Waals surface area contributed by atoms with Crippen molar-refractivity contribution in [3.05, 3.63) is 69.8 Å².